The van der Waals surface area contributed by atoms with Gasteiger partial charge in [0.15, 0.2) is 5.58 Å². The maximum Gasteiger partial charge on any atom is 0.420 e. The molecule has 0 spiro atoms. The van der Waals surface area contributed by atoms with Gasteiger partial charge in [-0.2, -0.15) is 0 Å². The van der Waals surface area contributed by atoms with Crippen molar-refractivity contribution in [1.29, 1.82) is 0 Å². The fourth-order valence-corrected chi connectivity index (χ4v) is 4.84. The molecule has 6 heteroatoms. The second-order valence-corrected chi connectivity index (χ2v) is 9.01. The molecule has 4 rings (SSSR count). The SMILES string of the molecule is CC1CC(C)CN(Cc2ccccc2CNC(=O)C(C)n2c(=O)oc3ccccc32)C1. The van der Waals surface area contributed by atoms with Crippen LogP contribution in [0.3, 0.4) is 0 Å². The molecule has 0 bridgehead atoms. The third-order valence-electron chi connectivity index (χ3n) is 6.20. The molecular formula is C25H31N3O3. The van der Waals surface area contributed by atoms with Gasteiger partial charge in [0.25, 0.3) is 0 Å². The average Bonchev–Trinajstić information content (AvgIpc) is 3.07. The van der Waals surface area contributed by atoms with Crippen molar-refractivity contribution in [2.45, 2.75) is 46.3 Å². The van der Waals surface area contributed by atoms with Crippen molar-refractivity contribution in [2.24, 2.45) is 11.8 Å². The maximum absolute atomic E-state index is 12.9. The summed E-state index contributed by atoms with van der Waals surface area (Å²) in [6.07, 6.45) is 1.29. The van der Waals surface area contributed by atoms with Crippen LogP contribution in [0.1, 0.15) is 44.4 Å². The summed E-state index contributed by atoms with van der Waals surface area (Å²) in [6.45, 7) is 9.90. The quantitative estimate of drug-likeness (QED) is 0.654. The van der Waals surface area contributed by atoms with E-state index in [9.17, 15) is 9.59 Å². The number of aromatic nitrogens is 1. The number of carbonyl (C=O) groups excluding carboxylic acids is 1. The lowest BCUT2D eigenvalue weighted by atomic mass is 9.91. The fourth-order valence-electron chi connectivity index (χ4n) is 4.84. The molecule has 1 N–H and O–H groups in total. The number of carbonyl (C=O) groups is 1. The molecule has 3 atom stereocenters. The number of likely N-dealkylation sites (tertiary alicyclic amines) is 1. The van der Waals surface area contributed by atoms with E-state index in [0.29, 0.717) is 29.5 Å². The van der Waals surface area contributed by atoms with Gasteiger partial charge in [-0.25, -0.2) is 4.79 Å². The molecule has 1 aromatic heterocycles. The minimum Gasteiger partial charge on any atom is -0.408 e. The van der Waals surface area contributed by atoms with Crippen molar-refractivity contribution in [1.82, 2.24) is 14.8 Å². The van der Waals surface area contributed by atoms with E-state index in [2.05, 4.69) is 42.3 Å². The van der Waals surface area contributed by atoms with Gasteiger partial charge in [-0.15, -0.1) is 0 Å². The second kappa shape index (κ2) is 9.10. The molecule has 31 heavy (non-hydrogen) atoms. The van der Waals surface area contributed by atoms with Crippen LogP contribution in [-0.4, -0.2) is 28.5 Å². The van der Waals surface area contributed by atoms with Crippen molar-refractivity contribution >= 4 is 17.0 Å². The highest BCUT2D eigenvalue weighted by Gasteiger charge is 2.23. The molecule has 0 radical (unpaired) electrons. The molecular weight excluding hydrogens is 390 g/mol. The van der Waals surface area contributed by atoms with Crippen LogP contribution in [0.5, 0.6) is 0 Å². The third kappa shape index (κ3) is 4.74. The summed E-state index contributed by atoms with van der Waals surface area (Å²) in [6, 6.07) is 14.8. The third-order valence-corrected chi connectivity index (χ3v) is 6.20. The monoisotopic (exact) mass is 421 g/mol. The molecule has 2 aromatic carbocycles. The predicted octanol–water partition coefficient (Wildman–Crippen LogP) is 3.95. The Morgan fingerprint density at radius 1 is 1.06 bits per heavy atom. The second-order valence-electron chi connectivity index (χ2n) is 9.01. The number of nitrogens with one attached hydrogen (secondary N) is 1. The lowest BCUT2D eigenvalue weighted by Crippen LogP contribution is -2.38. The Hall–Kier alpha value is -2.86. The van der Waals surface area contributed by atoms with Gasteiger partial charge in [0.2, 0.25) is 5.91 Å². The molecule has 0 saturated carbocycles. The zero-order valence-corrected chi connectivity index (χ0v) is 18.5. The summed E-state index contributed by atoms with van der Waals surface area (Å²) in [7, 11) is 0. The Morgan fingerprint density at radius 3 is 2.45 bits per heavy atom. The van der Waals surface area contributed by atoms with E-state index in [1.54, 1.807) is 25.1 Å². The number of piperidine rings is 1. The van der Waals surface area contributed by atoms with E-state index < -0.39 is 11.8 Å². The van der Waals surface area contributed by atoms with Crippen molar-refractivity contribution < 1.29 is 9.21 Å². The van der Waals surface area contributed by atoms with Gasteiger partial charge in [0.1, 0.15) is 6.04 Å². The molecule has 3 aromatic rings. The molecule has 0 aliphatic carbocycles. The van der Waals surface area contributed by atoms with Crippen LogP contribution in [0.15, 0.2) is 57.7 Å². The minimum absolute atomic E-state index is 0.205. The Labute approximate surface area is 182 Å². The number of hydrogen-bond acceptors (Lipinski definition) is 4. The van der Waals surface area contributed by atoms with Crippen LogP contribution >= 0.6 is 0 Å². The average molecular weight is 422 g/mol. The van der Waals surface area contributed by atoms with Gasteiger partial charge in [-0.1, -0.05) is 50.2 Å². The lowest BCUT2D eigenvalue weighted by molar-refractivity contribution is -0.124. The number of para-hydroxylation sites is 2. The van der Waals surface area contributed by atoms with E-state index in [1.165, 1.54) is 16.6 Å². The highest BCUT2D eigenvalue weighted by atomic mass is 16.4. The number of fused-ring (bicyclic) bond motifs is 1. The maximum atomic E-state index is 12.9. The van der Waals surface area contributed by atoms with Gasteiger partial charge in [-0.05, 0) is 48.4 Å². The van der Waals surface area contributed by atoms with Crippen LogP contribution < -0.4 is 11.1 Å². The molecule has 6 nitrogen and oxygen atoms in total. The first-order chi connectivity index (χ1) is 14.9. The smallest absolute Gasteiger partial charge is 0.408 e. The predicted molar refractivity (Wildman–Crippen MR) is 122 cm³/mol. The topological polar surface area (TPSA) is 67.5 Å². The summed E-state index contributed by atoms with van der Waals surface area (Å²) in [5, 5.41) is 3.02. The molecule has 1 fully saturated rings. The lowest BCUT2D eigenvalue weighted by Gasteiger charge is -2.35. The standard InChI is InChI=1S/C25H31N3O3/c1-17-12-18(2)15-27(14-17)16-21-9-5-4-8-20(21)13-26-24(29)19(3)28-22-10-6-7-11-23(22)31-25(28)30/h4-11,17-19H,12-16H2,1-3H3,(H,26,29). The van der Waals surface area contributed by atoms with Gasteiger partial charge in [0, 0.05) is 26.2 Å². The number of hydrogen-bond donors (Lipinski definition) is 1. The van der Waals surface area contributed by atoms with Gasteiger partial charge in [0.05, 0.1) is 5.52 Å². The molecule has 1 aliphatic rings. The molecule has 1 amide bonds. The molecule has 3 unspecified atom stereocenters. The Morgan fingerprint density at radius 2 is 1.71 bits per heavy atom. The number of amides is 1. The highest BCUT2D eigenvalue weighted by Crippen LogP contribution is 2.23. The summed E-state index contributed by atoms with van der Waals surface area (Å²) in [5.74, 6) is 0.695. The summed E-state index contributed by atoms with van der Waals surface area (Å²) < 4.78 is 6.69. The number of rotatable bonds is 6. The largest absolute Gasteiger partial charge is 0.420 e. The molecule has 1 aliphatic heterocycles. The number of benzene rings is 2. The number of nitrogens with zero attached hydrogens (tertiary/aromatic N) is 2. The summed E-state index contributed by atoms with van der Waals surface area (Å²) >= 11 is 0. The first-order valence-corrected chi connectivity index (χ1v) is 11.1. The summed E-state index contributed by atoms with van der Waals surface area (Å²) in [4.78, 5) is 27.7. The minimum atomic E-state index is -0.660. The Balaban J connectivity index is 1.45. The first-order valence-electron chi connectivity index (χ1n) is 11.1. The highest BCUT2D eigenvalue weighted by molar-refractivity contribution is 5.82. The molecule has 2 heterocycles. The van der Waals surface area contributed by atoms with Crippen molar-refractivity contribution in [3.8, 4) is 0 Å². The first kappa shape index (κ1) is 21.4. The van der Waals surface area contributed by atoms with Gasteiger partial charge < -0.3 is 9.73 Å². The van der Waals surface area contributed by atoms with Crippen molar-refractivity contribution in [2.75, 3.05) is 13.1 Å². The van der Waals surface area contributed by atoms with Crippen LogP contribution in [-0.2, 0) is 17.9 Å². The van der Waals surface area contributed by atoms with Gasteiger partial charge >= 0.3 is 5.76 Å². The summed E-state index contributed by atoms with van der Waals surface area (Å²) in [5.41, 5.74) is 3.47. The van der Waals surface area contributed by atoms with E-state index in [1.807, 2.05) is 12.1 Å². The van der Waals surface area contributed by atoms with Gasteiger partial charge in [-0.3, -0.25) is 14.3 Å². The van der Waals surface area contributed by atoms with Crippen LogP contribution in [0.4, 0.5) is 0 Å². The zero-order chi connectivity index (χ0) is 22.0. The Bertz CT molecular complexity index is 1110. The van der Waals surface area contributed by atoms with E-state index in [0.717, 1.165) is 25.2 Å². The Kier molecular flexibility index (Phi) is 6.28. The molecule has 164 valence electrons. The van der Waals surface area contributed by atoms with E-state index in [4.69, 9.17) is 4.42 Å². The zero-order valence-electron chi connectivity index (χ0n) is 18.5. The van der Waals surface area contributed by atoms with Crippen molar-refractivity contribution in [3.05, 3.63) is 70.2 Å². The number of oxazole rings is 1. The normalized spacial score (nSPS) is 20.6. The fraction of sp³-hybridized carbons (Fsp3) is 0.440. The van der Waals surface area contributed by atoms with Crippen LogP contribution in [0, 0.1) is 11.8 Å². The van der Waals surface area contributed by atoms with E-state index in [-0.39, 0.29) is 5.91 Å². The molecule has 1 saturated heterocycles. The van der Waals surface area contributed by atoms with Crippen molar-refractivity contribution in [3.63, 3.8) is 0 Å². The van der Waals surface area contributed by atoms with E-state index >= 15 is 0 Å². The van der Waals surface area contributed by atoms with Crippen LogP contribution in [0.25, 0.3) is 11.1 Å². The van der Waals surface area contributed by atoms with Crippen LogP contribution in [0.2, 0.25) is 0 Å².